The van der Waals surface area contributed by atoms with Crippen molar-refractivity contribution in [2.24, 2.45) is 11.8 Å². The molecule has 13 heteroatoms. The van der Waals surface area contributed by atoms with Crippen LogP contribution in [-0.2, 0) is 30.5 Å². The van der Waals surface area contributed by atoms with Gasteiger partial charge in [-0.3, -0.25) is 9.69 Å². The van der Waals surface area contributed by atoms with E-state index in [2.05, 4.69) is 4.72 Å². The minimum Gasteiger partial charge on any atom is -0.388 e. The fraction of sp³-hybridized carbons (Fsp3) is 0.600. The lowest BCUT2D eigenvalue weighted by Gasteiger charge is -2.46. The molecule has 4 saturated heterocycles. The van der Waals surface area contributed by atoms with Crippen molar-refractivity contribution in [2.45, 2.75) is 49.1 Å². The molecule has 1 amide bonds. The summed E-state index contributed by atoms with van der Waals surface area (Å²) < 4.78 is 79.0. The van der Waals surface area contributed by atoms with Gasteiger partial charge in [0.15, 0.2) is 0 Å². The van der Waals surface area contributed by atoms with E-state index in [-0.39, 0.29) is 18.7 Å². The topological polar surface area (TPSA) is 129 Å². The van der Waals surface area contributed by atoms with Gasteiger partial charge >= 0.3 is 6.18 Å². The molecule has 1 aromatic carbocycles. The third-order valence-electron chi connectivity index (χ3n) is 7.28. The van der Waals surface area contributed by atoms with Crippen LogP contribution in [-0.4, -0.2) is 61.9 Å². The number of aliphatic hydroxyl groups excluding tert-OH is 1. The molecule has 1 spiro atoms. The average Bonchev–Trinajstić information content (AvgIpc) is 3.25. The van der Waals surface area contributed by atoms with Crippen molar-refractivity contribution in [1.82, 2.24) is 4.72 Å². The maximum Gasteiger partial charge on any atom is 0.417 e. The van der Waals surface area contributed by atoms with E-state index < -0.39 is 74.6 Å². The molecule has 0 aliphatic carbocycles. The molecular weight excluding hydrogens is 467 g/mol. The lowest BCUT2D eigenvalue weighted by atomic mass is 9.63. The summed E-state index contributed by atoms with van der Waals surface area (Å²) in [5, 5.41) is 20.1. The summed E-state index contributed by atoms with van der Waals surface area (Å²) in [6, 6.07) is 3.42. The number of carbonyl (C=O) groups is 1. The van der Waals surface area contributed by atoms with Crippen LogP contribution in [0.1, 0.15) is 24.5 Å². The number of alkyl halides is 3. The highest BCUT2D eigenvalue weighted by Crippen LogP contribution is 2.65. The summed E-state index contributed by atoms with van der Waals surface area (Å²) in [7, 11) is -3.75. The molecule has 0 aromatic heterocycles. The van der Waals surface area contributed by atoms with Gasteiger partial charge in [-0.05, 0) is 25.1 Å². The van der Waals surface area contributed by atoms with Gasteiger partial charge in [-0.1, -0.05) is 0 Å². The first-order valence-electron chi connectivity index (χ1n) is 10.2. The van der Waals surface area contributed by atoms with Gasteiger partial charge in [-0.15, -0.1) is 0 Å². The number of amides is 1. The number of rotatable bonds is 3. The summed E-state index contributed by atoms with van der Waals surface area (Å²) in [5.41, 5.74) is -4.60. The molecule has 1 aromatic rings. The van der Waals surface area contributed by atoms with Gasteiger partial charge in [-0.25, -0.2) is 13.1 Å². The van der Waals surface area contributed by atoms with E-state index in [4.69, 9.17) is 14.7 Å². The van der Waals surface area contributed by atoms with E-state index in [1.807, 2.05) is 0 Å². The number of nitrogens with zero attached hydrogens (tertiary/aromatic N) is 2. The fourth-order valence-electron chi connectivity index (χ4n) is 6.11. The lowest BCUT2D eigenvalue weighted by Crippen LogP contribution is -2.66. The van der Waals surface area contributed by atoms with Gasteiger partial charge in [0.25, 0.3) is 0 Å². The maximum absolute atomic E-state index is 13.5. The Morgan fingerprint density at radius 1 is 1.36 bits per heavy atom. The van der Waals surface area contributed by atoms with Crippen LogP contribution in [0.2, 0.25) is 0 Å². The third kappa shape index (κ3) is 2.91. The van der Waals surface area contributed by atoms with Crippen molar-refractivity contribution in [3.05, 3.63) is 29.3 Å². The molecule has 9 nitrogen and oxygen atoms in total. The predicted molar refractivity (Wildman–Crippen MR) is 105 cm³/mol. The molecule has 2 N–H and O–H groups in total. The zero-order valence-corrected chi connectivity index (χ0v) is 18.3. The second kappa shape index (κ2) is 6.67. The zero-order chi connectivity index (χ0) is 24.1. The Morgan fingerprint density at radius 2 is 2.06 bits per heavy atom. The van der Waals surface area contributed by atoms with Crippen LogP contribution >= 0.6 is 0 Å². The number of hydrogen-bond acceptors (Lipinski definition) is 7. The molecule has 33 heavy (non-hydrogen) atoms. The quantitative estimate of drug-likeness (QED) is 0.643. The summed E-state index contributed by atoms with van der Waals surface area (Å²) >= 11 is 0. The van der Waals surface area contributed by atoms with Crippen molar-refractivity contribution in [3.63, 3.8) is 0 Å². The van der Waals surface area contributed by atoms with Crippen molar-refractivity contribution < 1.29 is 41.0 Å². The first-order valence-corrected chi connectivity index (χ1v) is 12.1. The molecule has 0 radical (unpaired) electrons. The molecule has 4 heterocycles. The van der Waals surface area contributed by atoms with Crippen LogP contribution in [0.5, 0.6) is 0 Å². The molecule has 2 bridgehead atoms. The van der Waals surface area contributed by atoms with Crippen LogP contribution < -0.4 is 9.62 Å². The van der Waals surface area contributed by atoms with E-state index in [0.717, 1.165) is 23.3 Å². The first-order chi connectivity index (χ1) is 15.2. The third-order valence-corrected chi connectivity index (χ3v) is 7.96. The second-order valence-corrected chi connectivity index (χ2v) is 10.9. The molecule has 7 atom stereocenters. The normalized spacial score (nSPS) is 39.6. The van der Waals surface area contributed by atoms with Crippen LogP contribution in [0.3, 0.4) is 0 Å². The van der Waals surface area contributed by atoms with Crippen molar-refractivity contribution in [2.75, 3.05) is 17.8 Å². The minimum atomic E-state index is -4.82. The first kappa shape index (κ1) is 22.5. The monoisotopic (exact) mass is 487 g/mol. The largest absolute Gasteiger partial charge is 0.417 e. The smallest absolute Gasteiger partial charge is 0.388 e. The fourth-order valence-corrected chi connectivity index (χ4v) is 6.90. The van der Waals surface area contributed by atoms with Crippen molar-refractivity contribution in [1.29, 1.82) is 5.26 Å². The molecule has 178 valence electrons. The lowest BCUT2D eigenvalue weighted by molar-refractivity contribution is -0.145. The number of aliphatic hydroxyl groups is 1. The summed E-state index contributed by atoms with van der Waals surface area (Å²) in [5.74, 6) is -2.28. The number of halogens is 3. The van der Waals surface area contributed by atoms with Crippen LogP contribution in [0, 0.1) is 23.2 Å². The van der Waals surface area contributed by atoms with E-state index in [9.17, 15) is 31.5 Å². The van der Waals surface area contributed by atoms with Gasteiger partial charge < -0.3 is 14.6 Å². The number of nitriles is 1. The number of sulfonamides is 1. The summed E-state index contributed by atoms with van der Waals surface area (Å²) in [6.07, 6.45) is -6.07. The Balaban J connectivity index is 1.62. The Kier molecular flexibility index (Phi) is 4.56. The number of hydrogen-bond donors (Lipinski definition) is 2. The van der Waals surface area contributed by atoms with Crippen LogP contribution in [0.25, 0.3) is 0 Å². The highest BCUT2D eigenvalue weighted by atomic mass is 32.2. The minimum absolute atomic E-state index is 0.0326. The Labute approximate surface area is 187 Å². The predicted octanol–water partition coefficient (Wildman–Crippen LogP) is 0.722. The molecule has 0 saturated carbocycles. The molecule has 4 aliphatic heterocycles. The van der Waals surface area contributed by atoms with Gasteiger partial charge in [0, 0.05) is 18.0 Å². The van der Waals surface area contributed by atoms with E-state index >= 15 is 0 Å². The second-order valence-electron chi connectivity index (χ2n) is 9.12. The van der Waals surface area contributed by atoms with Crippen LogP contribution in [0.15, 0.2) is 18.2 Å². The Bertz CT molecular complexity index is 1200. The van der Waals surface area contributed by atoms with E-state index in [1.54, 1.807) is 0 Å². The zero-order valence-electron chi connectivity index (χ0n) is 17.5. The van der Waals surface area contributed by atoms with E-state index in [1.165, 1.54) is 19.1 Å². The summed E-state index contributed by atoms with van der Waals surface area (Å²) in [6.45, 7) is 1.54. The van der Waals surface area contributed by atoms with Crippen LogP contribution in [0.4, 0.5) is 18.9 Å². The van der Waals surface area contributed by atoms with Crippen molar-refractivity contribution >= 4 is 21.6 Å². The highest BCUT2D eigenvalue weighted by Gasteiger charge is 2.81. The number of anilines is 1. The van der Waals surface area contributed by atoms with Gasteiger partial charge in [0.05, 0.1) is 47.6 Å². The van der Waals surface area contributed by atoms with Gasteiger partial charge in [-0.2, -0.15) is 18.4 Å². The molecular formula is C20H20F3N3O6S. The number of fused-ring (bicyclic) bond motifs is 2. The van der Waals surface area contributed by atoms with Gasteiger partial charge in [0.1, 0.15) is 17.9 Å². The van der Waals surface area contributed by atoms with E-state index in [0.29, 0.717) is 0 Å². The number of benzene rings is 1. The number of ether oxygens (including phenoxy) is 2. The Morgan fingerprint density at radius 3 is 2.67 bits per heavy atom. The SMILES string of the molecule is C[C@]12O[C@@]3(CCO[C@H]4[C@@H]3[C@@H]1C(=O)N4c1ccc(C#N)c(C(F)(F)F)c1)[C@H](NS(C)(=O)=O)[C@H]2O. The average molecular weight is 487 g/mol. The summed E-state index contributed by atoms with van der Waals surface area (Å²) in [4.78, 5) is 14.7. The maximum atomic E-state index is 13.5. The van der Waals surface area contributed by atoms with Crippen molar-refractivity contribution in [3.8, 4) is 6.07 Å². The molecule has 0 unspecified atom stereocenters. The molecule has 4 fully saturated rings. The molecule has 5 rings (SSSR count). The number of nitrogens with one attached hydrogen (secondary N) is 1. The number of carbonyl (C=O) groups excluding carboxylic acids is 1. The van der Waals surface area contributed by atoms with Gasteiger partial charge in [0.2, 0.25) is 15.9 Å². The highest BCUT2D eigenvalue weighted by molar-refractivity contribution is 7.88. The standard InChI is InChI=1S/C20H20F3N3O6S/c1-18-12-13-17(31-6-5-19(13,32-18)14(15(18)27)25-33(2,29)30)26(16(12)28)10-4-3-9(8-24)11(7-10)20(21,22)23/h3-4,7,12-15,17,25,27H,5-6H2,1-2H3/t12-,13+,14-,15-,17+,18+,19-/m1/s1. The molecule has 4 aliphatic rings. The Hall–Kier alpha value is -2.24.